The van der Waals surface area contributed by atoms with Gasteiger partial charge in [0.25, 0.3) is 11.6 Å². The summed E-state index contributed by atoms with van der Waals surface area (Å²) in [6, 6.07) is 24.9. The van der Waals surface area contributed by atoms with Crippen molar-refractivity contribution in [1.82, 2.24) is 15.1 Å². The lowest BCUT2D eigenvalue weighted by molar-refractivity contribution is -0.384. The highest BCUT2D eigenvalue weighted by Crippen LogP contribution is 2.25. The fourth-order valence-electron chi connectivity index (χ4n) is 3.44. The van der Waals surface area contributed by atoms with Crippen LogP contribution in [0.3, 0.4) is 0 Å². The number of nitro benzene ring substituents is 1. The largest absolute Gasteiger partial charge is 0.497 e. The van der Waals surface area contributed by atoms with Crippen molar-refractivity contribution in [2.24, 2.45) is 0 Å². The van der Waals surface area contributed by atoms with Crippen molar-refractivity contribution in [3.05, 3.63) is 106 Å². The molecule has 0 aliphatic rings. The molecule has 4 rings (SSSR count). The molecule has 8 nitrogen and oxygen atoms in total. The first-order valence-electron chi connectivity index (χ1n) is 10.4. The smallest absolute Gasteiger partial charge is 0.271 e. The van der Waals surface area contributed by atoms with E-state index in [4.69, 9.17) is 4.74 Å². The van der Waals surface area contributed by atoms with Crippen molar-refractivity contribution in [2.45, 2.75) is 6.42 Å². The molecule has 0 aliphatic carbocycles. The minimum absolute atomic E-state index is 0.0792. The van der Waals surface area contributed by atoms with Crippen molar-refractivity contribution >= 4 is 11.6 Å². The number of aromatic nitrogens is 2. The Hall–Kier alpha value is -4.46. The van der Waals surface area contributed by atoms with Gasteiger partial charge >= 0.3 is 0 Å². The number of nitrogens with zero attached hydrogens (tertiary/aromatic N) is 3. The van der Waals surface area contributed by atoms with Gasteiger partial charge in [0.1, 0.15) is 11.4 Å². The molecule has 1 heterocycles. The van der Waals surface area contributed by atoms with Crippen molar-refractivity contribution in [2.75, 3.05) is 13.7 Å². The van der Waals surface area contributed by atoms with E-state index in [1.165, 1.54) is 16.8 Å². The summed E-state index contributed by atoms with van der Waals surface area (Å²) in [5, 5.41) is 18.8. The summed E-state index contributed by atoms with van der Waals surface area (Å²) in [6.07, 6.45) is 0.683. The van der Waals surface area contributed by atoms with Crippen molar-refractivity contribution in [3.63, 3.8) is 0 Å². The molecule has 0 radical (unpaired) electrons. The van der Waals surface area contributed by atoms with Gasteiger partial charge in [0.15, 0.2) is 0 Å². The highest BCUT2D eigenvalue weighted by atomic mass is 16.6. The molecule has 0 spiro atoms. The topological polar surface area (TPSA) is 99.3 Å². The summed E-state index contributed by atoms with van der Waals surface area (Å²) in [4.78, 5) is 23.8. The van der Waals surface area contributed by atoms with Crippen LogP contribution < -0.4 is 10.1 Å². The molecule has 1 aromatic heterocycles. The number of nitrogens with one attached hydrogen (secondary N) is 1. The molecule has 0 unspecified atom stereocenters. The summed E-state index contributed by atoms with van der Waals surface area (Å²) in [5.41, 5.74) is 3.11. The molecule has 33 heavy (non-hydrogen) atoms. The van der Waals surface area contributed by atoms with Gasteiger partial charge in [-0.05, 0) is 48.4 Å². The predicted octanol–water partition coefficient (Wildman–Crippen LogP) is 4.43. The lowest BCUT2D eigenvalue weighted by Gasteiger charge is -2.08. The van der Waals surface area contributed by atoms with Crippen LogP contribution in [0.1, 0.15) is 16.1 Å². The fourth-order valence-corrected chi connectivity index (χ4v) is 3.44. The van der Waals surface area contributed by atoms with Crippen LogP contribution in [0.15, 0.2) is 84.9 Å². The number of carbonyl (C=O) groups excluding carboxylic acids is 1. The van der Waals surface area contributed by atoms with Gasteiger partial charge in [0, 0.05) is 24.2 Å². The van der Waals surface area contributed by atoms with E-state index in [0.29, 0.717) is 30.1 Å². The van der Waals surface area contributed by atoms with Gasteiger partial charge in [0.2, 0.25) is 0 Å². The molecule has 0 aliphatic heterocycles. The number of rotatable bonds is 8. The van der Waals surface area contributed by atoms with Crippen molar-refractivity contribution < 1.29 is 14.5 Å². The van der Waals surface area contributed by atoms with E-state index >= 15 is 0 Å². The molecule has 1 amide bonds. The number of hydrogen-bond acceptors (Lipinski definition) is 5. The Morgan fingerprint density at radius 3 is 2.48 bits per heavy atom. The van der Waals surface area contributed by atoms with Gasteiger partial charge < -0.3 is 10.1 Å². The second kappa shape index (κ2) is 9.78. The summed E-state index contributed by atoms with van der Waals surface area (Å²) in [5.74, 6) is 0.389. The van der Waals surface area contributed by atoms with E-state index in [0.717, 1.165) is 11.1 Å². The number of ether oxygens (including phenoxy) is 1. The first-order valence-corrected chi connectivity index (χ1v) is 10.4. The first-order chi connectivity index (χ1) is 16.0. The van der Waals surface area contributed by atoms with Crippen molar-refractivity contribution in [3.8, 4) is 22.7 Å². The molecule has 4 aromatic rings. The molecule has 3 aromatic carbocycles. The number of non-ortho nitro benzene ring substituents is 1. The molecule has 0 fully saturated rings. The molecule has 1 N–H and O–H groups in total. The Morgan fingerprint density at radius 1 is 1.03 bits per heavy atom. The number of carbonyl (C=O) groups is 1. The minimum Gasteiger partial charge on any atom is -0.497 e. The number of hydrogen-bond donors (Lipinski definition) is 1. The van der Waals surface area contributed by atoms with Crippen molar-refractivity contribution in [1.29, 1.82) is 0 Å². The summed E-state index contributed by atoms with van der Waals surface area (Å²) in [6.45, 7) is 0.445. The predicted molar refractivity (Wildman–Crippen MR) is 125 cm³/mol. The SMILES string of the molecule is COc1ccc(-c2cc(C(=O)NCCc3ccccc3)n(-c3cccc([N+](=O)[O-])c3)n2)cc1. The minimum atomic E-state index is -0.475. The highest BCUT2D eigenvalue weighted by molar-refractivity contribution is 5.94. The van der Waals surface area contributed by atoms with Crippen LogP contribution in [0.25, 0.3) is 16.9 Å². The molecule has 0 saturated heterocycles. The zero-order valence-corrected chi connectivity index (χ0v) is 18.0. The molecule has 0 saturated carbocycles. The van der Waals surface area contributed by atoms with E-state index in [9.17, 15) is 14.9 Å². The summed E-state index contributed by atoms with van der Waals surface area (Å²) in [7, 11) is 1.59. The second-order valence-electron chi connectivity index (χ2n) is 7.32. The van der Waals surface area contributed by atoms with Crippen LogP contribution in [0.4, 0.5) is 5.69 Å². The average molecular weight is 442 g/mol. The monoisotopic (exact) mass is 442 g/mol. The maximum Gasteiger partial charge on any atom is 0.271 e. The van der Waals surface area contributed by atoms with Gasteiger partial charge in [-0.15, -0.1) is 0 Å². The third-order valence-corrected chi connectivity index (χ3v) is 5.15. The average Bonchev–Trinajstić information content (AvgIpc) is 3.30. The Balaban J connectivity index is 1.65. The molecule has 166 valence electrons. The van der Waals surface area contributed by atoms with E-state index in [1.807, 2.05) is 42.5 Å². The van der Waals surface area contributed by atoms with Gasteiger partial charge in [-0.25, -0.2) is 4.68 Å². The quantitative estimate of drug-likeness (QED) is 0.321. The lowest BCUT2D eigenvalue weighted by atomic mass is 10.1. The van der Waals surface area contributed by atoms with Gasteiger partial charge in [0.05, 0.1) is 23.4 Å². The lowest BCUT2D eigenvalue weighted by Crippen LogP contribution is -2.27. The molecule has 8 heteroatoms. The second-order valence-corrected chi connectivity index (χ2v) is 7.32. The molecular formula is C25H22N4O4. The normalized spacial score (nSPS) is 10.6. The Kier molecular flexibility index (Phi) is 6.45. The van der Waals surface area contributed by atoms with Gasteiger partial charge in [-0.1, -0.05) is 36.4 Å². The maximum absolute atomic E-state index is 13.1. The standard InChI is InChI=1S/C25H22N4O4/c1-33-22-12-10-19(11-13-22)23-17-24(25(30)26-15-14-18-6-3-2-4-7-18)28(27-23)20-8-5-9-21(16-20)29(31)32/h2-13,16-17H,14-15H2,1H3,(H,26,30). The maximum atomic E-state index is 13.1. The first kappa shape index (κ1) is 21.8. The molecule has 0 bridgehead atoms. The van der Waals surface area contributed by atoms with Crippen LogP contribution in [0.2, 0.25) is 0 Å². The Bertz CT molecular complexity index is 1270. The molecular weight excluding hydrogens is 420 g/mol. The van der Waals surface area contributed by atoms with E-state index in [1.54, 1.807) is 37.4 Å². The van der Waals surface area contributed by atoms with Crippen LogP contribution in [0, 0.1) is 10.1 Å². The summed E-state index contributed by atoms with van der Waals surface area (Å²) >= 11 is 0. The Morgan fingerprint density at radius 2 is 1.79 bits per heavy atom. The number of benzene rings is 3. The van der Waals surface area contributed by atoms with Crippen LogP contribution >= 0.6 is 0 Å². The van der Waals surface area contributed by atoms with E-state index in [-0.39, 0.29) is 17.3 Å². The third-order valence-electron chi connectivity index (χ3n) is 5.15. The van der Waals surface area contributed by atoms with E-state index < -0.39 is 4.92 Å². The third kappa shape index (κ3) is 5.07. The molecule has 0 atom stereocenters. The summed E-state index contributed by atoms with van der Waals surface area (Å²) < 4.78 is 6.64. The number of amides is 1. The zero-order valence-electron chi connectivity index (χ0n) is 18.0. The van der Waals surface area contributed by atoms with Crippen LogP contribution in [-0.4, -0.2) is 34.3 Å². The van der Waals surface area contributed by atoms with E-state index in [2.05, 4.69) is 10.4 Å². The van der Waals surface area contributed by atoms with Gasteiger partial charge in [-0.2, -0.15) is 5.10 Å². The zero-order chi connectivity index (χ0) is 23.2. The van der Waals surface area contributed by atoms with Crippen LogP contribution in [0.5, 0.6) is 5.75 Å². The number of nitro groups is 1. The Labute approximate surface area is 190 Å². The number of methoxy groups -OCH3 is 1. The van der Waals surface area contributed by atoms with Gasteiger partial charge in [-0.3, -0.25) is 14.9 Å². The van der Waals surface area contributed by atoms with Crippen LogP contribution in [-0.2, 0) is 6.42 Å². The fraction of sp³-hybridized carbons (Fsp3) is 0.120. The highest BCUT2D eigenvalue weighted by Gasteiger charge is 2.19.